The topological polar surface area (TPSA) is 90.3 Å². The highest BCUT2D eigenvalue weighted by Crippen LogP contribution is 2.26. The number of hydrogen-bond acceptors (Lipinski definition) is 4. The van der Waals surface area contributed by atoms with Crippen LogP contribution >= 0.6 is 0 Å². The number of alkyl halides is 1. The molecule has 0 spiro atoms. The van der Waals surface area contributed by atoms with Gasteiger partial charge in [-0.05, 0) is 0 Å². The second-order valence-electron chi connectivity index (χ2n) is 4.71. The van der Waals surface area contributed by atoms with E-state index >= 15 is 0 Å². The van der Waals surface area contributed by atoms with Gasteiger partial charge in [0.15, 0.2) is 0 Å². The van der Waals surface area contributed by atoms with Gasteiger partial charge in [0.1, 0.15) is 5.71 Å². The number of nitrogens with zero attached hydrogens (tertiary/aromatic N) is 3. The SMILES string of the molecule is CN1N=C(C(=O)N2CC[C@](F)(C(=O)O)C2)CCC1=O. The highest BCUT2D eigenvalue weighted by molar-refractivity contribution is 6.39. The standard InChI is InChI=1S/C11H14FN3O4/c1-14-8(16)3-2-7(13-14)9(17)15-5-4-11(12,6-15)10(18)19/h2-6H2,1H3,(H,18,19)/t11-/m1/s1. The van der Waals surface area contributed by atoms with E-state index in [9.17, 15) is 18.8 Å². The first-order valence-electron chi connectivity index (χ1n) is 5.89. The van der Waals surface area contributed by atoms with E-state index < -0.39 is 24.1 Å². The average Bonchev–Trinajstić information content (AvgIpc) is 2.76. The van der Waals surface area contributed by atoms with Gasteiger partial charge >= 0.3 is 5.97 Å². The zero-order valence-electron chi connectivity index (χ0n) is 10.4. The van der Waals surface area contributed by atoms with Crippen LogP contribution in [0, 0.1) is 0 Å². The molecule has 0 aromatic rings. The first-order chi connectivity index (χ1) is 8.83. The first kappa shape index (κ1) is 13.4. The number of carbonyl (C=O) groups excluding carboxylic acids is 2. The fourth-order valence-electron chi connectivity index (χ4n) is 2.13. The Bertz CT molecular complexity index is 479. The summed E-state index contributed by atoms with van der Waals surface area (Å²) in [5.41, 5.74) is -2.22. The van der Waals surface area contributed by atoms with Crippen molar-refractivity contribution in [2.45, 2.75) is 24.9 Å². The number of carboxylic acids is 1. The number of hydrogen-bond donors (Lipinski definition) is 1. The van der Waals surface area contributed by atoms with Crippen molar-refractivity contribution in [3.8, 4) is 0 Å². The van der Waals surface area contributed by atoms with E-state index in [0.29, 0.717) is 0 Å². The second kappa shape index (κ2) is 4.60. The molecular weight excluding hydrogens is 257 g/mol. The van der Waals surface area contributed by atoms with Gasteiger partial charge in [0.2, 0.25) is 11.6 Å². The lowest BCUT2D eigenvalue weighted by atomic mass is 10.1. The summed E-state index contributed by atoms with van der Waals surface area (Å²) in [6.07, 6.45) is 0.148. The molecule has 0 saturated carbocycles. The van der Waals surface area contributed by atoms with E-state index in [2.05, 4.69) is 5.10 Å². The van der Waals surface area contributed by atoms with E-state index in [1.165, 1.54) is 7.05 Å². The minimum Gasteiger partial charge on any atom is -0.479 e. The summed E-state index contributed by atoms with van der Waals surface area (Å²) in [4.78, 5) is 35.2. The van der Waals surface area contributed by atoms with Crippen LogP contribution in [0.1, 0.15) is 19.3 Å². The van der Waals surface area contributed by atoms with Crippen LogP contribution in [0.4, 0.5) is 4.39 Å². The average molecular weight is 271 g/mol. The summed E-state index contributed by atoms with van der Waals surface area (Å²) in [6.45, 7) is -0.434. The van der Waals surface area contributed by atoms with Crippen molar-refractivity contribution in [1.82, 2.24) is 9.91 Å². The van der Waals surface area contributed by atoms with Crippen molar-refractivity contribution in [1.29, 1.82) is 0 Å². The summed E-state index contributed by atoms with van der Waals surface area (Å²) in [7, 11) is 1.44. The zero-order valence-corrected chi connectivity index (χ0v) is 10.4. The lowest BCUT2D eigenvalue weighted by Gasteiger charge is -2.23. The maximum absolute atomic E-state index is 13.9. The number of carbonyl (C=O) groups is 3. The van der Waals surface area contributed by atoms with Crippen LogP contribution < -0.4 is 0 Å². The largest absolute Gasteiger partial charge is 0.479 e. The number of carboxylic acid groups (broad SMARTS) is 1. The van der Waals surface area contributed by atoms with Crippen molar-refractivity contribution >= 4 is 23.5 Å². The fraction of sp³-hybridized carbons (Fsp3) is 0.636. The molecular formula is C11H14FN3O4. The summed E-state index contributed by atoms with van der Waals surface area (Å²) >= 11 is 0. The maximum Gasteiger partial charge on any atom is 0.343 e. The molecule has 0 bridgehead atoms. The monoisotopic (exact) mass is 271 g/mol. The third kappa shape index (κ3) is 2.42. The van der Waals surface area contributed by atoms with Crippen LogP contribution in [0.25, 0.3) is 0 Å². The first-order valence-corrected chi connectivity index (χ1v) is 5.89. The van der Waals surface area contributed by atoms with Crippen LogP contribution in [-0.4, -0.2) is 64.3 Å². The number of likely N-dealkylation sites (tertiary alicyclic amines) is 1. The molecule has 2 aliphatic rings. The highest BCUT2D eigenvalue weighted by atomic mass is 19.1. The van der Waals surface area contributed by atoms with E-state index in [-0.39, 0.29) is 37.4 Å². The Labute approximate surface area is 108 Å². The minimum atomic E-state index is -2.38. The van der Waals surface area contributed by atoms with E-state index in [1.54, 1.807) is 0 Å². The van der Waals surface area contributed by atoms with Gasteiger partial charge in [-0.15, -0.1) is 0 Å². The molecule has 2 amide bonds. The second-order valence-corrected chi connectivity index (χ2v) is 4.71. The van der Waals surface area contributed by atoms with Gasteiger partial charge in [0, 0.05) is 32.9 Å². The van der Waals surface area contributed by atoms with Crippen LogP contribution in [0.3, 0.4) is 0 Å². The summed E-state index contributed by atoms with van der Waals surface area (Å²) in [6, 6.07) is 0. The predicted octanol–water partition coefficient (Wildman–Crippen LogP) is -0.380. The molecule has 0 radical (unpaired) electrons. The molecule has 0 unspecified atom stereocenters. The van der Waals surface area contributed by atoms with Crippen LogP contribution in [-0.2, 0) is 14.4 Å². The molecule has 19 heavy (non-hydrogen) atoms. The summed E-state index contributed by atoms with van der Waals surface area (Å²) < 4.78 is 13.9. The quantitative estimate of drug-likeness (QED) is 0.741. The zero-order chi connectivity index (χ0) is 14.2. The normalized spacial score (nSPS) is 27.5. The molecule has 1 atom stereocenters. The Balaban J connectivity index is 2.08. The molecule has 1 saturated heterocycles. The van der Waals surface area contributed by atoms with Gasteiger partial charge in [0.25, 0.3) is 5.91 Å². The number of halogens is 1. The number of rotatable bonds is 2. The molecule has 7 nitrogen and oxygen atoms in total. The van der Waals surface area contributed by atoms with E-state index in [4.69, 9.17) is 5.11 Å². The molecule has 2 rings (SSSR count). The Hall–Kier alpha value is -1.99. The van der Waals surface area contributed by atoms with E-state index in [1.807, 2.05) is 0 Å². The smallest absolute Gasteiger partial charge is 0.343 e. The molecule has 0 aliphatic carbocycles. The highest BCUT2D eigenvalue weighted by Gasteiger charge is 2.47. The van der Waals surface area contributed by atoms with Crippen LogP contribution in [0.5, 0.6) is 0 Å². The number of aliphatic carboxylic acids is 1. The van der Waals surface area contributed by atoms with Crippen molar-refractivity contribution in [3.63, 3.8) is 0 Å². The maximum atomic E-state index is 13.9. The molecule has 104 valence electrons. The summed E-state index contributed by atoms with van der Waals surface area (Å²) in [5, 5.41) is 13.7. The van der Waals surface area contributed by atoms with Crippen molar-refractivity contribution in [3.05, 3.63) is 0 Å². The van der Waals surface area contributed by atoms with Gasteiger partial charge in [0.05, 0.1) is 6.54 Å². The van der Waals surface area contributed by atoms with E-state index in [0.717, 1.165) is 9.91 Å². The third-order valence-corrected chi connectivity index (χ3v) is 3.34. The fourth-order valence-corrected chi connectivity index (χ4v) is 2.13. The lowest BCUT2D eigenvalue weighted by Crippen LogP contribution is -2.43. The van der Waals surface area contributed by atoms with Crippen LogP contribution in [0.2, 0.25) is 0 Å². The number of amides is 2. The molecule has 0 aromatic heterocycles. The molecule has 2 aliphatic heterocycles. The van der Waals surface area contributed by atoms with Gasteiger partial charge in [-0.3, -0.25) is 9.59 Å². The van der Waals surface area contributed by atoms with Gasteiger partial charge < -0.3 is 10.0 Å². The molecule has 8 heteroatoms. The molecule has 1 fully saturated rings. The van der Waals surface area contributed by atoms with Gasteiger partial charge in [-0.1, -0.05) is 0 Å². The Morgan fingerprint density at radius 2 is 2.11 bits per heavy atom. The third-order valence-electron chi connectivity index (χ3n) is 3.34. The lowest BCUT2D eigenvalue weighted by molar-refractivity contribution is -0.150. The summed E-state index contributed by atoms with van der Waals surface area (Å²) in [5.74, 6) is -2.25. The molecule has 0 aromatic carbocycles. The minimum absolute atomic E-state index is 0.0400. The molecule has 2 heterocycles. The van der Waals surface area contributed by atoms with Crippen molar-refractivity contribution < 1.29 is 23.9 Å². The van der Waals surface area contributed by atoms with Gasteiger partial charge in [-0.25, -0.2) is 14.2 Å². The predicted molar refractivity (Wildman–Crippen MR) is 62.1 cm³/mol. The van der Waals surface area contributed by atoms with Crippen LogP contribution in [0.15, 0.2) is 5.10 Å². The Morgan fingerprint density at radius 1 is 1.42 bits per heavy atom. The number of hydrazone groups is 1. The Kier molecular flexibility index (Phi) is 3.25. The van der Waals surface area contributed by atoms with Gasteiger partial charge in [-0.2, -0.15) is 5.10 Å². The Morgan fingerprint density at radius 3 is 2.63 bits per heavy atom. The van der Waals surface area contributed by atoms with Crippen molar-refractivity contribution in [2.75, 3.05) is 20.1 Å². The van der Waals surface area contributed by atoms with Crippen molar-refractivity contribution in [2.24, 2.45) is 5.10 Å². The molecule has 1 N–H and O–H groups in total.